The molecule has 5 heteroatoms. The summed E-state index contributed by atoms with van der Waals surface area (Å²) in [4.78, 5) is 12.3. The summed E-state index contributed by atoms with van der Waals surface area (Å²) in [5.74, 6) is 1.31. The van der Waals surface area contributed by atoms with Gasteiger partial charge in [0.15, 0.2) is 0 Å². The number of ether oxygens (including phenoxy) is 2. The minimum Gasteiger partial charge on any atom is -0.494 e. The van der Waals surface area contributed by atoms with Crippen LogP contribution in [0.4, 0.5) is 11.4 Å². The number of rotatable bonds is 11. The molecule has 0 bridgehead atoms. The third-order valence-corrected chi connectivity index (χ3v) is 4.47. The Hall–Kier alpha value is -3.47. The molecule has 5 nitrogen and oxygen atoms in total. The Kier molecular flexibility index (Phi) is 8.15. The van der Waals surface area contributed by atoms with E-state index in [0.29, 0.717) is 24.7 Å². The average molecular weight is 405 g/mol. The van der Waals surface area contributed by atoms with E-state index in [1.807, 2.05) is 61.5 Å². The summed E-state index contributed by atoms with van der Waals surface area (Å²) in [5, 5.41) is 6.02. The topological polar surface area (TPSA) is 59.6 Å². The number of hydrogen-bond donors (Lipinski definition) is 2. The van der Waals surface area contributed by atoms with Crippen molar-refractivity contribution < 1.29 is 14.3 Å². The van der Waals surface area contributed by atoms with Crippen LogP contribution < -0.4 is 20.1 Å². The Morgan fingerprint density at radius 3 is 2.53 bits per heavy atom. The molecule has 0 saturated carbocycles. The lowest BCUT2D eigenvalue weighted by Crippen LogP contribution is -2.22. The number of aryl methyl sites for hydroxylation is 1. The first-order chi connectivity index (χ1) is 14.7. The summed E-state index contributed by atoms with van der Waals surface area (Å²) in [5.41, 5.74) is 2.82. The van der Waals surface area contributed by atoms with Gasteiger partial charge in [-0.1, -0.05) is 48.5 Å². The van der Waals surface area contributed by atoms with Crippen LogP contribution in [0, 0.1) is 0 Å². The number of amides is 1. The van der Waals surface area contributed by atoms with Crippen molar-refractivity contribution in [1.29, 1.82) is 0 Å². The zero-order chi connectivity index (χ0) is 21.0. The molecule has 3 aromatic rings. The Labute approximate surface area is 178 Å². The highest BCUT2D eigenvalue weighted by Crippen LogP contribution is 2.23. The summed E-state index contributed by atoms with van der Waals surface area (Å²) in [6, 6.07) is 25.5. The summed E-state index contributed by atoms with van der Waals surface area (Å²) in [6.07, 6.45) is 1.94. The molecule has 3 rings (SSSR count). The second-order valence-electron chi connectivity index (χ2n) is 6.80. The van der Waals surface area contributed by atoms with Gasteiger partial charge in [0, 0.05) is 11.8 Å². The van der Waals surface area contributed by atoms with E-state index in [0.717, 1.165) is 24.3 Å². The monoisotopic (exact) mass is 404 g/mol. The first-order valence-corrected chi connectivity index (χ1v) is 10.3. The van der Waals surface area contributed by atoms with E-state index in [1.54, 1.807) is 0 Å². The minimum atomic E-state index is -0.142. The van der Waals surface area contributed by atoms with Gasteiger partial charge in [-0.25, -0.2) is 0 Å². The van der Waals surface area contributed by atoms with Crippen LogP contribution >= 0.6 is 0 Å². The molecule has 156 valence electrons. The number of carbonyl (C=O) groups excluding carboxylic acids is 1. The minimum absolute atomic E-state index is 0.142. The maximum atomic E-state index is 12.3. The van der Waals surface area contributed by atoms with E-state index in [2.05, 4.69) is 34.9 Å². The van der Waals surface area contributed by atoms with Crippen molar-refractivity contribution in [2.45, 2.75) is 19.8 Å². The fourth-order valence-corrected chi connectivity index (χ4v) is 3.03. The second-order valence-corrected chi connectivity index (χ2v) is 6.80. The molecule has 0 saturated heterocycles. The van der Waals surface area contributed by atoms with Gasteiger partial charge in [-0.2, -0.15) is 0 Å². The van der Waals surface area contributed by atoms with Gasteiger partial charge in [-0.15, -0.1) is 0 Å². The van der Waals surface area contributed by atoms with E-state index >= 15 is 0 Å². The highest BCUT2D eigenvalue weighted by atomic mass is 16.5. The first kappa shape index (κ1) is 21.2. The van der Waals surface area contributed by atoms with Gasteiger partial charge in [-0.05, 0) is 49.6 Å². The van der Waals surface area contributed by atoms with E-state index in [-0.39, 0.29) is 12.5 Å². The smallest absolute Gasteiger partial charge is 0.243 e. The van der Waals surface area contributed by atoms with Crippen molar-refractivity contribution in [2.24, 2.45) is 0 Å². The molecule has 0 aliphatic heterocycles. The van der Waals surface area contributed by atoms with Crippen LogP contribution in [-0.4, -0.2) is 25.7 Å². The SMILES string of the molecule is CCOc1ccccc1NC(=O)CNc1cccc(OCCCc2ccccc2)c1. The third-order valence-electron chi connectivity index (χ3n) is 4.47. The molecule has 0 radical (unpaired) electrons. The predicted octanol–water partition coefficient (Wildman–Crippen LogP) is 5.15. The average Bonchev–Trinajstić information content (AvgIpc) is 2.78. The highest BCUT2D eigenvalue weighted by Gasteiger charge is 2.07. The van der Waals surface area contributed by atoms with Crippen LogP contribution in [-0.2, 0) is 11.2 Å². The number of hydrogen-bond acceptors (Lipinski definition) is 4. The van der Waals surface area contributed by atoms with E-state index in [1.165, 1.54) is 5.56 Å². The molecule has 2 N–H and O–H groups in total. The number of benzene rings is 3. The number of anilines is 2. The van der Waals surface area contributed by atoms with Crippen LogP contribution in [0.3, 0.4) is 0 Å². The zero-order valence-corrected chi connectivity index (χ0v) is 17.3. The predicted molar refractivity (Wildman–Crippen MR) is 121 cm³/mol. The fraction of sp³-hybridized carbons (Fsp3) is 0.240. The lowest BCUT2D eigenvalue weighted by atomic mass is 10.1. The van der Waals surface area contributed by atoms with E-state index in [4.69, 9.17) is 9.47 Å². The van der Waals surface area contributed by atoms with Crippen molar-refractivity contribution >= 4 is 17.3 Å². The Bertz CT molecular complexity index is 928. The lowest BCUT2D eigenvalue weighted by molar-refractivity contribution is -0.114. The zero-order valence-electron chi connectivity index (χ0n) is 17.3. The van der Waals surface area contributed by atoms with Crippen molar-refractivity contribution in [1.82, 2.24) is 0 Å². The van der Waals surface area contributed by atoms with E-state index < -0.39 is 0 Å². The van der Waals surface area contributed by atoms with Crippen LogP contribution in [0.2, 0.25) is 0 Å². The number of nitrogens with one attached hydrogen (secondary N) is 2. The Morgan fingerprint density at radius 2 is 1.70 bits per heavy atom. The molecule has 3 aromatic carbocycles. The van der Waals surface area contributed by atoms with Crippen LogP contribution in [0.1, 0.15) is 18.9 Å². The largest absolute Gasteiger partial charge is 0.494 e. The number of para-hydroxylation sites is 2. The second kappa shape index (κ2) is 11.5. The number of carbonyl (C=O) groups is 1. The molecule has 0 aliphatic rings. The summed E-state index contributed by atoms with van der Waals surface area (Å²) in [6.45, 7) is 3.26. The normalized spacial score (nSPS) is 10.3. The fourth-order valence-electron chi connectivity index (χ4n) is 3.03. The van der Waals surface area contributed by atoms with Gasteiger partial charge in [0.05, 0.1) is 25.4 Å². The summed E-state index contributed by atoms with van der Waals surface area (Å²) < 4.78 is 11.4. The third kappa shape index (κ3) is 6.85. The van der Waals surface area contributed by atoms with Crippen molar-refractivity contribution in [2.75, 3.05) is 30.4 Å². The lowest BCUT2D eigenvalue weighted by Gasteiger charge is -2.12. The quantitative estimate of drug-likeness (QED) is 0.434. The van der Waals surface area contributed by atoms with Gasteiger partial charge < -0.3 is 20.1 Å². The molecule has 0 atom stereocenters. The first-order valence-electron chi connectivity index (χ1n) is 10.3. The highest BCUT2D eigenvalue weighted by molar-refractivity contribution is 5.95. The molecule has 0 fully saturated rings. The van der Waals surface area contributed by atoms with Gasteiger partial charge in [0.1, 0.15) is 11.5 Å². The van der Waals surface area contributed by atoms with Crippen molar-refractivity contribution in [3.8, 4) is 11.5 Å². The van der Waals surface area contributed by atoms with Gasteiger partial charge in [-0.3, -0.25) is 4.79 Å². The van der Waals surface area contributed by atoms with Gasteiger partial charge >= 0.3 is 0 Å². The van der Waals surface area contributed by atoms with E-state index in [9.17, 15) is 4.79 Å². The molecular formula is C25H28N2O3. The van der Waals surface area contributed by atoms with Crippen LogP contribution in [0.5, 0.6) is 11.5 Å². The maximum Gasteiger partial charge on any atom is 0.243 e. The molecular weight excluding hydrogens is 376 g/mol. The molecule has 0 heterocycles. The molecule has 0 unspecified atom stereocenters. The van der Waals surface area contributed by atoms with Gasteiger partial charge in [0.25, 0.3) is 0 Å². The summed E-state index contributed by atoms with van der Waals surface area (Å²) in [7, 11) is 0. The molecule has 30 heavy (non-hydrogen) atoms. The molecule has 0 spiro atoms. The molecule has 0 aromatic heterocycles. The van der Waals surface area contributed by atoms with Crippen LogP contribution in [0.15, 0.2) is 78.9 Å². The van der Waals surface area contributed by atoms with Crippen molar-refractivity contribution in [3.63, 3.8) is 0 Å². The summed E-state index contributed by atoms with van der Waals surface area (Å²) >= 11 is 0. The Morgan fingerprint density at radius 1 is 0.900 bits per heavy atom. The Balaban J connectivity index is 1.44. The van der Waals surface area contributed by atoms with Gasteiger partial charge in [0.2, 0.25) is 5.91 Å². The molecule has 1 amide bonds. The van der Waals surface area contributed by atoms with Crippen molar-refractivity contribution in [3.05, 3.63) is 84.4 Å². The molecule has 0 aliphatic carbocycles. The van der Waals surface area contributed by atoms with Crippen LogP contribution in [0.25, 0.3) is 0 Å². The maximum absolute atomic E-state index is 12.3. The standard InChI is InChI=1S/C25H28N2O3/c1-2-29-24-16-7-6-15-23(24)27-25(28)19-26-21-13-8-14-22(18-21)30-17-9-12-20-10-4-3-5-11-20/h3-8,10-11,13-16,18,26H,2,9,12,17,19H2,1H3,(H,27,28).